The van der Waals surface area contributed by atoms with Crippen molar-refractivity contribution in [3.05, 3.63) is 313 Å². The van der Waals surface area contributed by atoms with Gasteiger partial charge in [0.1, 0.15) is 0 Å². The zero-order valence-corrected chi connectivity index (χ0v) is 42.0. The first kappa shape index (κ1) is 44.2. The predicted molar refractivity (Wildman–Crippen MR) is 311 cm³/mol. The third-order valence-corrected chi connectivity index (χ3v) is 20.2. The van der Waals surface area contributed by atoms with Crippen LogP contribution in [0.4, 0.5) is 0 Å². The predicted octanol–water partition coefficient (Wildman–Crippen LogP) is 13.7. The number of fused-ring (bicyclic) bond motifs is 7. The van der Waals surface area contributed by atoms with Crippen molar-refractivity contribution in [2.45, 2.75) is 5.41 Å². The topological polar surface area (TPSA) is 43.6 Å². The van der Waals surface area contributed by atoms with Crippen LogP contribution in [0.1, 0.15) is 22.3 Å². The monoisotopic (exact) mass is 972 g/mol. The Balaban J connectivity index is 0.962. The van der Waals surface area contributed by atoms with Gasteiger partial charge in [0.2, 0.25) is 0 Å². The van der Waals surface area contributed by atoms with E-state index in [1.165, 1.54) is 64.9 Å². The maximum atomic E-state index is 5.42. The molecule has 0 saturated heterocycles. The third kappa shape index (κ3) is 7.00. The van der Waals surface area contributed by atoms with E-state index in [0.29, 0.717) is 17.5 Å². The Morgan fingerprint density at radius 1 is 0.320 bits per heavy atom. The number of para-hydroxylation sites is 1. The molecule has 0 fully saturated rings. The zero-order chi connectivity index (χ0) is 49.8. The van der Waals surface area contributed by atoms with E-state index in [-0.39, 0.29) is 0 Å². The number of benzene rings is 11. The molecular formula is C70H48N4Si. The summed E-state index contributed by atoms with van der Waals surface area (Å²) in [5, 5.41) is 7.62. The summed E-state index contributed by atoms with van der Waals surface area (Å²) in [6, 6.07) is 106. The van der Waals surface area contributed by atoms with Gasteiger partial charge in [-0.15, -0.1) is 0 Å². The van der Waals surface area contributed by atoms with E-state index in [4.69, 9.17) is 15.0 Å². The fraction of sp³-hybridized carbons (Fsp3) is 0.0143. The first-order valence-corrected chi connectivity index (χ1v) is 27.7. The summed E-state index contributed by atoms with van der Waals surface area (Å²) in [6.45, 7) is 0. The normalized spacial score (nSPS) is 12.6. The minimum absolute atomic E-state index is 0.507. The van der Waals surface area contributed by atoms with Gasteiger partial charge in [0.15, 0.2) is 25.5 Å². The molecule has 1 aliphatic rings. The van der Waals surface area contributed by atoms with Crippen LogP contribution < -0.4 is 20.7 Å². The summed E-state index contributed by atoms with van der Waals surface area (Å²) in [5.41, 5.74) is 13.2. The molecule has 1 aliphatic carbocycles. The quantitative estimate of drug-likeness (QED) is 0.101. The number of rotatable bonds is 10. The Morgan fingerprint density at radius 2 is 0.773 bits per heavy atom. The Bertz CT molecular complexity index is 4080. The summed E-state index contributed by atoms with van der Waals surface area (Å²) < 4.78 is 2.42. The SMILES string of the molecule is c1ccc(-c2nc(-c3cccc(-n4c5ccccc5c5c6c(ccc54)C(c4ccccc4)(c4ccccc4)c4ccccc4-6)c3)nc(-c3cccc([Si](c4ccccc4)(c4ccccc4)c4ccccc4)c3)n2)cc1. The second kappa shape index (κ2) is 18.2. The van der Waals surface area contributed by atoms with Crippen molar-refractivity contribution in [3.8, 4) is 51.0 Å². The van der Waals surface area contributed by atoms with Crippen molar-refractivity contribution in [1.82, 2.24) is 19.5 Å². The van der Waals surface area contributed by atoms with Crippen molar-refractivity contribution in [2.24, 2.45) is 0 Å². The fourth-order valence-electron chi connectivity index (χ4n) is 12.4. The Hall–Kier alpha value is -9.55. The van der Waals surface area contributed by atoms with Gasteiger partial charge in [-0.25, -0.2) is 15.0 Å². The molecule has 352 valence electrons. The standard InChI is InChI=1S/C70H48N4Si/c1-7-25-49(26-8-1)67-71-68(73-69(72-67)51-28-24-40-58(48-51)75(55-34-13-4-14-35-55,56-36-15-5-16-37-56)57-38-17-6-18-39-57)50-27-23-33-54(47-50)74-63-44-22-20-42-60(63)66-64(74)46-45-62-65(66)59-41-19-21-43-61(59)70(62,52-29-9-2-10-30-52)53-31-11-3-12-32-53/h1-48H. The van der Waals surface area contributed by atoms with E-state index < -0.39 is 13.5 Å². The van der Waals surface area contributed by atoms with Gasteiger partial charge in [0.05, 0.1) is 16.4 Å². The summed E-state index contributed by atoms with van der Waals surface area (Å²) in [4.78, 5) is 16.0. The molecule has 14 rings (SSSR count). The fourth-order valence-corrected chi connectivity index (χ4v) is 17.2. The summed E-state index contributed by atoms with van der Waals surface area (Å²) in [6.07, 6.45) is 0. The first-order chi connectivity index (χ1) is 37.2. The van der Waals surface area contributed by atoms with E-state index in [1.807, 2.05) is 18.2 Å². The van der Waals surface area contributed by atoms with Gasteiger partial charge in [0, 0.05) is 33.2 Å². The molecule has 5 heteroatoms. The maximum absolute atomic E-state index is 5.42. The lowest BCUT2D eigenvalue weighted by atomic mass is 9.67. The molecule has 0 amide bonds. The van der Waals surface area contributed by atoms with Crippen LogP contribution in [0.3, 0.4) is 0 Å². The lowest BCUT2D eigenvalue weighted by molar-refractivity contribution is 0.769. The second-order valence-electron chi connectivity index (χ2n) is 19.4. The molecule has 2 aromatic heterocycles. The van der Waals surface area contributed by atoms with Crippen molar-refractivity contribution >= 4 is 50.6 Å². The van der Waals surface area contributed by atoms with Gasteiger partial charge in [0.25, 0.3) is 0 Å². The second-order valence-corrected chi connectivity index (χ2v) is 23.2. The van der Waals surface area contributed by atoms with Gasteiger partial charge >= 0.3 is 0 Å². The van der Waals surface area contributed by atoms with Crippen molar-refractivity contribution < 1.29 is 0 Å². The van der Waals surface area contributed by atoms with Gasteiger partial charge in [-0.05, 0) is 78.4 Å². The van der Waals surface area contributed by atoms with Gasteiger partial charge in [-0.2, -0.15) is 0 Å². The number of aromatic nitrogens is 4. The Morgan fingerprint density at radius 3 is 1.37 bits per heavy atom. The third-order valence-electron chi connectivity index (χ3n) is 15.5. The smallest absolute Gasteiger partial charge is 0.179 e. The van der Waals surface area contributed by atoms with Crippen LogP contribution in [-0.2, 0) is 5.41 Å². The number of hydrogen-bond donors (Lipinski definition) is 0. The molecule has 11 aromatic carbocycles. The van der Waals surface area contributed by atoms with Gasteiger partial charge in [-0.3, -0.25) is 0 Å². The summed E-state index contributed by atoms with van der Waals surface area (Å²) in [7, 11) is -2.85. The summed E-state index contributed by atoms with van der Waals surface area (Å²) in [5.74, 6) is 1.85. The molecule has 2 heterocycles. The highest BCUT2D eigenvalue weighted by Crippen LogP contribution is 2.58. The van der Waals surface area contributed by atoms with E-state index in [0.717, 1.165) is 33.4 Å². The molecule has 0 radical (unpaired) electrons. The average molecular weight is 973 g/mol. The first-order valence-electron chi connectivity index (χ1n) is 25.7. The average Bonchev–Trinajstić information content (AvgIpc) is 4.20. The van der Waals surface area contributed by atoms with Crippen LogP contribution in [0.15, 0.2) is 291 Å². The molecule has 0 spiro atoms. The largest absolute Gasteiger partial charge is 0.309 e. The minimum Gasteiger partial charge on any atom is -0.309 e. The molecule has 75 heavy (non-hydrogen) atoms. The molecule has 4 nitrogen and oxygen atoms in total. The summed E-state index contributed by atoms with van der Waals surface area (Å²) >= 11 is 0. The highest BCUT2D eigenvalue weighted by molar-refractivity contribution is 7.19. The molecule has 13 aromatic rings. The van der Waals surface area contributed by atoms with Crippen LogP contribution in [0.25, 0.3) is 72.8 Å². The van der Waals surface area contributed by atoms with Crippen LogP contribution in [0.5, 0.6) is 0 Å². The minimum atomic E-state index is -2.85. The van der Waals surface area contributed by atoms with Crippen molar-refractivity contribution in [2.75, 3.05) is 0 Å². The molecule has 0 bridgehead atoms. The molecule has 0 saturated carbocycles. The lowest BCUT2D eigenvalue weighted by Crippen LogP contribution is -2.74. The highest BCUT2D eigenvalue weighted by atomic mass is 28.3. The Kier molecular flexibility index (Phi) is 10.7. The van der Waals surface area contributed by atoms with E-state index in [2.05, 4.69) is 278 Å². The Labute approximate surface area is 437 Å². The molecule has 0 N–H and O–H groups in total. The number of hydrogen-bond acceptors (Lipinski definition) is 3. The van der Waals surface area contributed by atoms with Crippen LogP contribution in [0, 0.1) is 0 Å². The molecule has 0 atom stereocenters. The van der Waals surface area contributed by atoms with Gasteiger partial charge < -0.3 is 4.57 Å². The van der Waals surface area contributed by atoms with Crippen LogP contribution >= 0.6 is 0 Å². The highest BCUT2D eigenvalue weighted by Gasteiger charge is 2.47. The molecule has 0 unspecified atom stereocenters. The lowest BCUT2D eigenvalue weighted by Gasteiger charge is -2.34. The van der Waals surface area contributed by atoms with Crippen molar-refractivity contribution in [1.29, 1.82) is 0 Å². The molecule has 0 aliphatic heterocycles. The van der Waals surface area contributed by atoms with E-state index >= 15 is 0 Å². The molecular weight excluding hydrogens is 925 g/mol. The number of nitrogens with zero attached hydrogens (tertiary/aromatic N) is 4. The van der Waals surface area contributed by atoms with Crippen molar-refractivity contribution in [3.63, 3.8) is 0 Å². The van der Waals surface area contributed by atoms with Crippen LogP contribution in [-0.4, -0.2) is 27.6 Å². The van der Waals surface area contributed by atoms with E-state index in [9.17, 15) is 0 Å². The van der Waals surface area contributed by atoms with Crippen LogP contribution in [0.2, 0.25) is 0 Å². The maximum Gasteiger partial charge on any atom is 0.179 e. The van der Waals surface area contributed by atoms with Gasteiger partial charge in [-0.1, -0.05) is 267 Å². The van der Waals surface area contributed by atoms with E-state index in [1.54, 1.807) is 0 Å². The zero-order valence-electron chi connectivity index (χ0n) is 41.0.